The van der Waals surface area contributed by atoms with Gasteiger partial charge < -0.3 is 14.7 Å². The van der Waals surface area contributed by atoms with Gasteiger partial charge in [0.15, 0.2) is 0 Å². The van der Waals surface area contributed by atoms with Crippen molar-refractivity contribution in [2.75, 3.05) is 14.7 Å². The van der Waals surface area contributed by atoms with E-state index in [2.05, 4.69) is 328 Å². The lowest BCUT2D eigenvalue weighted by Crippen LogP contribution is -2.61. The molecule has 1 aliphatic carbocycles. The Morgan fingerprint density at radius 2 is 0.790 bits per heavy atom. The van der Waals surface area contributed by atoms with Gasteiger partial charge in [0.2, 0.25) is 0 Å². The Morgan fingerprint density at radius 1 is 0.321 bits per heavy atom. The van der Waals surface area contributed by atoms with Gasteiger partial charge in [-0.2, -0.15) is 0 Å². The predicted octanol–water partition coefficient (Wildman–Crippen LogP) is 18.8. The molecule has 0 amide bonds. The lowest BCUT2D eigenvalue weighted by atomic mass is 9.33. The van der Waals surface area contributed by atoms with Gasteiger partial charge in [0, 0.05) is 51.2 Å². The highest BCUT2D eigenvalue weighted by Crippen LogP contribution is 2.58. The van der Waals surface area contributed by atoms with E-state index in [1.165, 1.54) is 94.8 Å². The van der Waals surface area contributed by atoms with Gasteiger partial charge in [0.25, 0.3) is 6.71 Å². The Labute approximate surface area is 482 Å². The summed E-state index contributed by atoms with van der Waals surface area (Å²) in [6, 6.07) is 88.2. The van der Waals surface area contributed by atoms with E-state index in [0.29, 0.717) is 0 Å². The average molecular weight is 1050 g/mol. The highest BCUT2D eigenvalue weighted by Gasteiger charge is 2.48. The first-order valence-corrected chi connectivity index (χ1v) is 29.2. The molecule has 81 heavy (non-hydrogen) atoms. The van der Waals surface area contributed by atoms with Gasteiger partial charge in [-0.05, 0) is 173 Å². The summed E-state index contributed by atoms with van der Waals surface area (Å²) in [5.41, 5.74) is 26.5. The minimum Gasteiger partial charge on any atom is -0.311 e. The van der Waals surface area contributed by atoms with Crippen molar-refractivity contribution >= 4 is 74.3 Å². The maximum absolute atomic E-state index is 2.64. The van der Waals surface area contributed by atoms with Crippen LogP contribution in [0.1, 0.15) is 128 Å². The number of hydrogen-bond donors (Lipinski definition) is 0. The third kappa shape index (κ3) is 8.55. The van der Waals surface area contributed by atoms with Crippen molar-refractivity contribution in [1.29, 1.82) is 0 Å². The third-order valence-corrected chi connectivity index (χ3v) is 17.7. The molecule has 0 fully saturated rings. The molecule has 3 nitrogen and oxygen atoms in total. The lowest BCUT2D eigenvalue weighted by molar-refractivity contribution is 0.589. The van der Waals surface area contributed by atoms with Gasteiger partial charge in [-0.15, -0.1) is 0 Å². The fourth-order valence-corrected chi connectivity index (χ4v) is 13.4. The molecule has 0 spiro atoms. The van der Waals surface area contributed by atoms with E-state index in [4.69, 9.17) is 0 Å². The summed E-state index contributed by atoms with van der Waals surface area (Å²) < 4.78 is 0. The van der Waals surface area contributed by atoms with Gasteiger partial charge in [-0.3, -0.25) is 0 Å². The number of para-hydroxylation sites is 1. The summed E-state index contributed by atoms with van der Waals surface area (Å²) >= 11 is 0. The number of nitrogens with zero attached hydrogens (tertiary/aromatic N) is 3. The molecule has 0 unspecified atom stereocenters. The first-order chi connectivity index (χ1) is 38.7. The quantitative estimate of drug-likeness (QED) is 0.147. The molecule has 3 aliphatic rings. The van der Waals surface area contributed by atoms with Crippen LogP contribution in [0.3, 0.4) is 0 Å². The second-order valence-corrected chi connectivity index (χ2v) is 27.1. The number of rotatable bonds is 7. The number of anilines is 9. The van der Waals surface area contributed by atoms with Gasteiger partial charge in [-0.1, -0.05) is 235 Å². The molecule has 0 saturated heterocycles. The van der Waals surface area contributed by atoms with Gasteiger partial charge in [0.05, 0.1) is 5.41 Å². The van der Waals surface area contributed by atoms with E-state index in [0.717, 1.165) is 28.4 Å². The fraction of sp³-hybridized carbons (Fsp3) is 0.221. The zero-order chi connectivity index (χ0) is 56.4. The van der Waals surface area contributed by atoms with E-state index in [1.807, 2.05) is 0 Å². The first-order valence-electron chi connectivity index (χ1n) is 29.2. The van der Waals surface area contributed by atoms with E-state index in [1.54, 1.807) is 0 Å². The molecule has 10 aromatic carbocycles. The molecule has 2 heterocycles. The van der Waals surface area contributed by atoms with Gasteiger partial charge >= 0.3 is 0 Å². The van der Waals surface area contributed by atoms with E-state index in [-0.39, 0.29) is 28.4 Å². The van der Waals surface area contributed by atoms with Crippen molar-refractivity contribution in [3.63, 3.8) is 0 Å². The molecule has 400 valence electrons. The van der Waals surface area contributed by atoms with Crippen molar-refractivity contribution in [3.05, 3.63) is 275 Å². The molecule has 2 aliphatic heterocycles. The Morgan fingerprint density at radius 3 is 1.37 bits per heavy atom. The van der Waals surface area contributed by atoms with Crippen LogP contribution in [0.4, 0.5) is 51.2 Å². The largest absolute Gasteiger partial charge is 0.311 e. The Balaban J connectivity index is 1.13. The Bertz CT molecular complexity index is 3980. The summed E-state index contributed by atoms with van der Waals surface area (Å²) in [5.74, 6) is 0. The van der Waals surface area contributed by atoms with Crippen LogP contribution in [0.2, 0.25) is 0 Å². The van der Waals surface area contributed by atoms with Crippen LogP contribution in [0.5, 0.6) is 0 Å². The zero-order valence-corrected chi connectivity index (χ0v) is 49.4. The summed E-state index contributed by atoms with van der Waals surface area (Å²) in [6.07, 6.45) is 0. The van der Waals surface area contributed by atoms with Crippen LogP contribution in [0.25, 0.3) is 11.1 Å². The number of benzene rings is 10. The maximum Gasteiger partial charge on any atom is 0.252 e. The van der Waals surface area contributed by atoms with E-state index >= 15 is 0 Å². The number of hydrogen-bond acceptors (Lipinski definition) is 3. The van der Waals surface area contributed by atoms with Crippen molar-refractivity contribution in [1.82, 2.24) is 0 Å². The molecule has 0 saturated carbocycles. The van der Waals surface area contributed by atoms with Crippen LogP contribution < -0.4 is 31.1 Å². The van der Waals surface area contributed by atoms with Crippen LogP contribution in [0, 0.1) is 0 Å². The molecule has 4 heteroatoms. The minimum absolute atomic E-state index is 0.0175. The molecule has 0 N–H and O–H groups in total. The zero-order valence-electron chi connectivity index (χ0n) is 49.4. The van der Waals surface area contributed by atoms with Crippen molar-refractivity contribution in [3.8, 4) is 11.1 Å². The second kappa shape index (κ2) is 18.9. The molecular formula is C77H74BN3. The third-order valence-electron chi connectivity index (χ3n) is 17.7. The van der Waals surface area contributed by atoms with Crippen LogP contribution in [-0.4, -0.2) is 6.71 Å². The van der Waals surface area contributed by atoms with Gasteiger partial charge in [0.1, 0.15) is 0 Å². The van der Waals surface area contributed by atoms with E-state index < -0.39 is 5.41 Å². The molecule has 13 rings (SSSR count). The molecule has 0 aromatic heterocycles. The van der Waals surface area contributed by atoms with Crippen molar-refractivity contribution in [2.45, 2.75) is 110 Å². The second-order valence-electron chi connectivity index (χ2n) is 27.1. The molecule has 10 aromatic rings. The van der Waals surface area contributed by atoms with Crippen molar-refractivity contribution in [2.24, 2.45) is 0 Å². The van der Waals surface area contributed by atoms with Crippen LogP contribution >= 0.6 is 0 Å². The highest BCUT2D eigenvalue weighted by molar-refractivity contribution is 7.00. The van der Waals surface area contributed by atoms with Crippen molar-refractivity contribution < 1.29 is 0 Å². The molecule has 0 radical (unpaired) electrons. The topological polar surface area (TPSA) is 9.72 Å². The van der Waals surface area contributed by atoms with Gasteiger partial charge in [-0.25, -0.2) is 0 Å². The Hall–Kier alpha value is -8.34. The number of fused-ring (bicyclic) bond motifs is 7. The molecule has 0 atom stereocenters. The standard InChI is InChI=1S/C77H74BN3/c1-73(2,3)51-32-37-58(38-33-51)79(57-28-20-15-21-29-57)61-42-44-66-69(50-61)81(60-41-43-65-63(49-60)62-30-22-23-31-64(62)77(65,53-24-16-13-17-25-53)54-26-18-14-19-27-54)71-48-56(76(10,11)12)47-70-72(71)78(66)67-46-55(75(7,8)9)36-45-68(67)80(70)59-39-34-52(35-40-59)74(4,5)6/h13-50H,1-12H3. The minimum atomic E-state index is -0.521. The summed E-state index contributed by atoms with van der Waals surface area (Å²) in [5, 5.41) is 0. The summed E-state index contributed by atoms with van der Waals surface area (Å²) in [6.45, 7) is 27.9. The summed E-state index contributed by atoms with van der Waals surface area (Å²) in [7, 11) is 0. The SMILES string of the molecule is CC(C)(C)c1ccc(N(c2ccccc2)c2ccc3c(c2)N(c2ccc4c(c2)-c2ccccc2C4(c2ccccc2)c2ccccc2)c2cc(C(C)(C)C)cc4c2B3c2cc(C(C)(C)C)ccc2N4c2ccc(C(C)(C)C)cc2)cc1. The van der Waals surface area contributed by atoms with Crippen LogP contribution in [0.15, 0.2) is 231 Å². The lowest BCUT2D eigenvalue weighted by Gasteiger charge is -2.46. The smallest absolute Gasteiger partial charge is 0.252 e. The summed E-state index contributed by atoms with van der Waals surface area (Å²) in [4.78, 5) is 7.67. The van der Waals surface area contributed by atoms with Crippen LogP contribution in [-0.2, 0) is 27.1 Å². The maximum atomic E-state index is 2.64. The average Bonchev–Trinajstić information content (AvgIpc) is 3.91. The first kappa shape index (κ1) is 52.1. The molecular weight excluding hydrogens is 978 g/mol. The molecule has 0 bridgehead atoms. The van der Waals surface area contributed by atoms with E-state index in [9.17, 15) is 0 Å². The normalized spacial score (nSPS) is 14.2. The monoisotopic (exact) mass is 1050 g/mol. The predicted molar refractivity (Wildman–Crippen MR) is 347 cm³/mol. The highest BCUT2D eigenvalue weighted by atomic mass is 15.2. The fourth-order valence-electron chi connectivity index (χ4n) is 13.4. The Kier molecular flexibility index (Phi) is 12.1.